The minimum atomic E-state index is -0.400. The molecule has 4 aliphatic carbocycles. The van der Waals surface area contributed by atoms with E-state index in [0.717, 1.165) is 37.7 Å². The normalized spacial score (nSPS) is 43.7. The molecule has 0 bridgehead atoms. The van der Waals surface area contributed by atoms with Crippen LogP contribution < -0.4 is 0 Å². The summed E-state index contributed by atoms with van der Waals surface area (Å²) in [5.41, 5.74) is 1.71. The van der Waals surface area contributed by atoms with Crippen LogP contribution in [0.3, 0.4) is 0 Å². The maximum atomic E-state index is 13.3. The second kappa shape index (κ2) is 6.79. The number of fused-ring (bicyclic) bond motifs is 6. The Kier molecular flexibility index (Phi) is 4.59. The predicted octanol–water partition coefficient (Wildman–Crippen LogP) is 4.69. The van der Waals surface area contributed by atoms with Crippen molar-refractivity contribution in [2.24, 2.45) is 28.6 Å². The van der Waals surface area contributed by atoms with Gasteiger partial charge in [-0.05, 0) is 70.3 Å². The number of ketones is 1. The van der Waals surface area contributed by atoms with Gasteiger partial charge in [0.05, 0.1) is 12.0 Å². The topological polar surface area (TPSA) is 69.7 Å². The minimum absolute atomic E-state index is 0.0824. The number of carbonyl (C=O) groups is 3. The lowest BCUT2D eigenvalue weighted by atomic mass is 9.48. The zero-order valence-electron chi connectivity index (χ0n) is 19.2. The van der Waals surface area contributed by atoms with Crippen LogP contribution in [0.2, 0.25) is 0 Å². The van der Waals surface area contributed by atoms with Crippen LogP contribution in [0.15, 0.2) is 23.3 Å². The van der Waals surface area contributed by atoms with Gasteiger partial charge < -0.3 is 9.47 Å². The number of rotatable bonds is 2. The molecule has 5 rings (SSSR count). The summed E-state index contributed by atoms with van der Waals surface area (Å²) in [6.45, 7) is 8.31. The summed E-state index contributed by atoms with van der Waals surface area (Å²) in [6.07, 6.45) is 9.93. The molecule has 5 nitrogen and oxygen atoms in total. The van der Waals surface area contributed by atoms with Crippen LogP contribution in [0.25, 0.3) is 0 Å². The first-order valence-electron chi connectivity index (χ1n) is 12.0. The van der Waals surface area contributed by atoms with Gasteiger partial charge in [0.25, 0.3) is 0 Å². The highest BCUT2D eigenvalue weighted by molar-refractivity contribution is 5.92. The van der Waals surface area contributed by atoms with Crippen LogP contribution in [-0.2, 0) is 23.9 Å². The summed E-state index contributed by atoms with van der Waals surface area (Å²) in [4.78, 5) is 37.7. The van der Waals surface area contributed by atoms with Gasteiger partial charge in [-0.15, -0.1) is 0 Å². The van der Waals surface area contributed by atoms with Gasteiger partial charge in [0.2, 0.25) is 0 Å². The average Bonchev–Trinajstić information content (AvgIpc) is 3.22. The molecule has 5 aliphatic rings. The Morgan fingerprint density at radius 1 is 1.16 bits per heavy atom. The van der Waals surface area contributed by atoms with Crippen LogP contribution in [0.1, 0.15) is 79.1 Å². The number of hydrogen-bond acceptors (Lipinski definition) is 5. The van der Waals surface area contributed by atoms with Gasteiger partial charge in [-0.25, -0.2) is 0 Å². The fourth-order valence-corrected chi connectivity index (χ4v) is 7.70. The van der Waals surface area contributed by atoms with Crippen molar-refractivity contribution in [2.75, 3.05) is 0 Å². The van der Waals surface area contributed by atoms with E-state index in [1.807, 2.05) is 13.8 Å². The smallest absolute Gasteiger partial charge is 0.310 e. The third kappa shape index (κ3) is 2.84. The third-order valence-corrected chi connectivity index (χ3v) is 9.38. The summed E-state index contributed by atoms with van der Waals surface area (Å²) in [5.74, 6) is 0.00858. The van der Waals surface area contributed by atoms with E-state index >= 15 is 0 Å². The van der Waals surface area contributed by atoms with E-state index in [4.69, 9.17) is 9.47 Å². The molecule has 3 fully saturated rings. The van der Waals surface area contributed by atoms with Crippen LogP contribution in [-0.4, -0.2) is 29.4 Å². The van der Waals surface area contributed by atoms with Crippen molar-refractivity contribution in [3.63, 3.8) is 0 Å². The van der Waals surface area contributed by atoms with E-state index in [2.05, 4.69) is 19.9 Å². The highest BCUT2D eigenvalue weighted by atomic mass is 16.6. The number of esters is 2. The van der Waals surface area contributed by atoms with Gasteiger partial charge in [-0.1, -0.05) is 31.1 Å². The molecule has 0 N–H and O–H groups in total. The van der Waals surface area contributed by atoms with Crippen molar-refractivity contribution >= 4 is 17.7 Å². The second-order valence-corrected chi connectivity index (χ2v) is 11.2. The highest BCUT2D eigenvalue weighted by Gasteiger charge is 2.67. The molecule has 6 atom stereocenters. The molecule has 5 heteroatoms. The van der Waals surface area contributed by atoms with E-state index in [1.54, 1.807) is 6.08 Å². The molecule has 0 aromatic heterocycles. The molecule has 1 aliphatic heterocycles. The van der Waals surface area contributed by atoms with E-state index in [-0.39, 0.29) is 52.4 Å². The molecule has 0 amide bonds. The van der Waals surface area contributed by atoms with Gasteiger partial charge in [0, 0.05) is 23.7 Å². The highest BCUT2D eigenvalue weighted by Crippen LogP contribution is 2.69. The van der Waals surface area contributed by atoms with Crippen molar-refractivity contribution in [2.45, 2.75) is 90.8 Å². The Labute approximate surface area is 184 Å². The van der Waals surface area contributed by atoms with Crippen molar-refractivity contribution in [1.82, 2.24) is 0 Å². The lowest BCUT2D eigenvalue weighted by molar-refractivity contribution is -0.165. The Balaban J connectivity index is 1.61. The fourth-order valence-electron chi connectivity index (χ4n) is 7.70. The van der Waals surface area contributed by atoms with Crippen molar-refractivity contribution in [3.05, 3.63) is 23.3 Å². The number of ether oxygens (including phenoxy) is 2. The Hall–Kier alpha value is -1.91. The largest absolute Gasteiger partial charge is 0.463 e. The summed E-state index contributed by atoms with van der Waals surface area (Å²) < 4.78 is 11.8. The van der Waals surface area contributed by atoms with Gasteiger partial charge in [0.15, 0.2) is 5.78 Å². The summed E-state index contributed by atoms with van der Waals surface area (Å²) in [7, 11) is 0. The summed E-state index contributed by atoms with van der Waals surface area (Å²) in [5, 5.41) is 0. The monoisotopic (exact) mass is 426 g/mol. The van der Waals surface area contributed by atoms with E-state index in [0.29, 0.717) is 19.3 Å². The number of carbonyl (C=O) groups excluding carboxylic acids is 3. The molecular weight excluding hydrogens is 392 g/mol. The molecule has 0 aromatic rings. The van der Waals surface area contributed by atoms with Crippen LogP contribution in [0, 0.1) is 28.6 Å². The molecule has 1 saturated heterocycles. The van der Waals surface area contributed by atoms with Crippen LogP contribution in [0.5, 0.6) is 0 Å². The zero-order valence-corrected chi connectivity index (χ0v) is 19.2. The molecular formula is C26H34O5. The average molecular weight is 427 g/mol. The van der Waals surface area contributed by atoms with E-state index in [1.165, 1.54) is 5.57 Å². The quantitative estimate of drug-likeness (QED) is 0.473. The van der Waals surface area contributed by atoms with Crippen molar-refractivity contribution in [1.29, 1.82) is 0 Å². The Morgan fingerprint density at radius 3 is 2.61 bits per heavy atom. The number of allylic oxidation sites excluding steroid dienone is 4. The first-order valence-corrected chi connectivity index (χ1v) is 12.0. The van der Waals surface area contributed by atoms with Gasteiger partial charge in [-0.2, -0.15) is 0 Å². The van der Waals surface area contributed by atoms with Crippen molar-refractivity contribution in [3.8, 4) is 0 Å². The first kappa shape index (κ1) is 21.0. The molecule has 1 spiro atoms. The minimum Gasteiger partial charge on any atom is -0.463 e. The molecule has 168 valence electrons. The predicted molar refractivity (Wildman–Crippen MR) is 115 cm³/mol. The lowest BCUT2D eigenvalue weighted by Gasteiger charge is -2.56. The van der Waals surface area contributed by atoms with E-state index < -0.39 is 5.60 Å². The maximum absolute atomic E-state index is 13.3. The molecule has 31 heavy (non-hydrogen) atoms. The number of hydrogen-bond donors (Lipinski definition) is 0. The first-order chi connectivity index (χ1) is 14.6. The van der Waals surface area contributed by atoms with Gasteiger partial charge in [-0.3, -0.25) is 14.4 Å². The summed E-state index contributed by atoms with van der Waals surface area (Å²) in [6, 6.07) is 0. The van der Waals surface area contributed by atoms with Gasteiger partial charge >= 0.3 is 11.9 Å². The standard InChI is InChI=1S/C26H34O5/c1-15(2)30-23(29)18-14-16-13-17(27)5-9-24(16,3)19-6-10-25(4)20(22(18)19)7-11-26(25)12-8-21(28)31-26/h6,13,15,18,20,22H,5,7-12,14H2,1-4H3/t18-,20+,22-,24+,25+,26-/m1/s1. The summed E-state index contributed by atoms with van der Waals surface area (Å²) >= 11 is 0. The fraction of sp³-hybridized carbons (Fsp3) is 0.731. The maximum Gasteiger partial charge on any atom is 0.310 e. The SMILES string of the molecule is CC(C)OC(=O)[C@@H]1CC2=CC(=O)CC[C@]2(C)C2=CC[C@@]3(C)[C@@H](CC[C@@]34CCC(=O)O4)[C@@H]21. The Bertz CT molecular complexity index is 913. The Morgan fingerprint density at radius 2 is 1.94 bits per heavy atom. The van der Waals surface area contributed by atoms with Crippen LogP contribution in [0.4, 0.5) is 0 Å². The molecule has 1 heterocycles. The lowest BCUT2D eigenvalue weighted by Crippen LogP contribution is -2.54. The zero-order chi connectivity index (χ0) is 22.2. The van der Waals surface area contributed by atoms with E-state index in [9.17, 15) is 14.4 Å². The van der Waals surface area contributed by atoms with Gasteiger partial charge in [0.1, 0.15) is 5.60 Å². The molecule has 0 radical (unpaired) electrons. The third-order valence-electron chi connectivity index (χ3n) is 9.38. The second-order valence-electron chi connectivity index (χ2n) is 11.2. The molecule has 0 unspecified atom stereocenters. The van der Waals surface area contributed by atoms with Crippen LogP contribution >= 0.6 is 0 Å². The molecule has 0 aromatic carbocycles. The van der Waals surface area contributed by atoms with Crippen molar-refractivity contribution < 1.29 is 23.9 Å². The molecule has 2 saturated carbocycles.